The summed E-state index contributed by atoms with van der Waals surface area (Å²) in [6, 6.07) is 8.19. The van der Waals surface area contributed by atoms with Crippen molar-refractivity contribution in [3.8, 4) is 16.9 Å². The van der Waals surface area contributed by atoms with Gasteiger partial charge in [-0.1, -0.05) is 32.0 Å². The molecule has 0 fully saturated rings. The third-order valence-electron chi connectivity index (χ3n) is 3.38. The highest BCUT2D eigenvalue weighted by Gasteiger charge is 2.32. The van der Waals surface area contributed by atoms with Crippen molar-refractivity contribution in [1.29, 1.82) is 0 Å². The largest absolute Gasteiger partial charge is 0.573 e. The number of rotatable bonds is 3. The molecule has 0 atom stereocenters. The maximum Gasteiger partial charge on any atom is 0.573 e. The van der Waals surface area contributed by atoms with Crippen molar-refractivity contribution in [2.75, 3.05) is 0 Å². The van der Waals surface area contributed by atoms with Gasteiger partial charge in [0, 0.05) is 0 Å². The van der Waals surface area contributed by atoms with Gasteiger partial charge in [-0.05, 0) is 46.9 Å². The minimum atomic E-state index is -4.87. The Morgan fingerprint density at radius 3 is 2.08 bits per heavy atom. The molecule has 2 aromatic rings. The first-order chi connectivity index (χ1) is 11.0. The van der Waals surface area contributed by atoms with Crippen molar-refractivity contribution in [3.63, 3.8) is 0 Å². The van der Waals surface area contributed by atoms with E-state index in [1.807, 2.05) is 0 Å². The number of alkyl halides is 6. The summed E-state index contributed by atoms with van der Waals surface area (Å²) < 4.78 is 79.7. The van der Waals surface area contributed by atoms with E-state index in [1.54, 1.807) is 13.8 Å². The van der Waals surface area contributed by atoms with Gasteiger partial charge in [-0.2, -0.15) is 13.2 Å². The van der Waals surface area contributed by atoms with Crippen LogP contribution in [0.1, 0.15) is 30.9 Å². The van der Waals surface area contributed by atoms with E-state index in [9.17, 15) is 26.3 Å². The highest BCUT2D eigenvalue weighted by Crippen LogP contribution is 2.37. The Labute approximate surface area is 134 Å². The Balaban J connectivity index is 2.55. The molecule has 0 spiro atoms. The Morgan fingerprint density at radius 1 is 0.875 bits per heavy atom. The van der Waals surface area contributed by atoms with Gasteiger partial charge in [0.15, 0.2) is 0 Å². The molecule has 7 heteroatoms. The van der Waals surface area contributed by atoms with E-state index < -0.39 is 23.9 Å². The number of ether oxygens (including phenoxy) is 1. The molecular formula is C17H14F6O. The number of benzene rings is 2. The summed E-state index contributed by atoms with van der Waals surface area (Å²) in [6.07, 6.45) is -9.41. The Morgan fingerprint density at radius 2 is 1.54 bits per heavy atom. The molecule has 0 saturated carbocycles. The second-order valence-electron chi connectivity index (χ2n) is 5.53. The molecule has 0 amide bonds. The Bertz CT molecular complexity index is 716. The average molecular weight is 348 g/mol. The summed E-state index contributed by atoms with van der Waals surface area (Å²) in [5, 5.41) is 0. The zero-order chi connectivity index (χ0) is 18.1. The van der Waals surface area contributed by atoms with Crippen LogP contribution in [0, 0.1) is 0 Å². The first-order valence-corrected chi connectivity index (χ1v) is 7.04. The summed E-state index contributed by atoms with van der Waals surface area (Å²) >= 11 is 0. The van der Waals surface area contributed by atoms with Crippen LogP contribution in [0.3, 0.4) is 0 Å². The van der Waals surface area contributed by atoms with Crippen LogP contribution in [0.4, 0.5) is 26.3 Å². The molecule has 130 valence electrons. The molecule has 2 rings (SSSR count). The highest BCUT2D eigenvalue weighted by molar-refractivity contribution is 5.70. The molecule has 0 aliphatic heterocycles. The topological polar surface area (TPSA) is 9.23 Å². The van der Waals surface area contributed by atoms with Crippen molar-refractivity contribution >= 4 is 0 Å². The van der Waals surface area contributed by atoms with Gasteiger partial charge in [0.25, 0.3) is 0 Å². The molecule has 0 saturated heterocycles. The van der Waals surface area contributed by atoms with Gasteiger partial charge in [0.2, 0.25) is 0 Å². The predicted octanol–water partition coefficient (Wildman–Crippen LogP) is 6.39. The lowest BCUT2D eigenvalue weighted by molar-refractivity contribution is -0.274. The van der Waals surface area contributed by atoms with Crippen molar-refractivity contribution in [3.05, 3.63) is 53.6 Å². The Hall–Kier alpha value is -2.18. The molecular weight excluding hydrogens is 334 g/mol. The van der Waals surface area contributed by atoms with Crippen LogP contribution >= 0.6 is 0 Å². The van der Waals surface area contributed by atoms with Crippen LogP contribution in [0.5, 0.6) is 5.75 Å². The first kappa shape index (κ1) is 18.2. The third kappa shape index (κ3) is 4.43. The molecule has 0 heterocycles. The van der Waals surface area contributed by atoms with Crippen LogP contribution in [0.25, 0.3) is 11.1 Å². The fourth-order valence-electron chi connectivity index (χ4n) is 2.35. The van der Waals surface area contributed by atoms with Gasteiger partial charge >= 0.3 is 12.5 Å². The summed E-state index contributed by atoms with van der Waals surface area (Å²) in [6.45, 7) is 3.59. The Kier molecular flexibility index (Phi) is 4.82. The van der Waals surface area contributed by atoms with Crippen LogP contribution in [0.15, 0.2) is 42.5 Å². The fraction of sp³-hybridized carbons (Fsp3) is 0.294. The van der Waals surface area contributed by atoms with Gasteiger partial charge in [-0.15, -0.1) is 13.2 Å². The molecule has 0 radical (unpaired) electrons. The van der Waals surface area contributed by atoms with E-state index in [0.29, 0.717) is 5.56 Å². The predicted molar refractivity (Wildman–Crippen MR) is 77.7 cm³/mol. The number of hydrogen-bond acceptors (Lipinski definition) is 1. The normalized spacial score (nSPS) is 12.5. The van der Waals surface area contributed by atoms with Gasteiger partial charge in [-0.25, -0.2) is 0 Å². The van der Waals surface area contributed by atoms with E-state index in [0.717, 1.165) is 24.3 Å². The van der Waals surface area contributed by atoms with Crippen LogP contribution in [-0.4, -0.2) is 6.36 Å². The van der Waals surface area contributed by atoms with Gasteiger partial charge < -0.3 is 4.74 Å². The molecule has 24 heavy (non-hydrogen) atoms. The molecule has 1 nitrogen and oxygen atoms in total. The first-order valence-electron chi connectivity index (χ1n) is 7.04. The van der Waals surface area contributed by atoms with Crippen LogP contribution < -0.4 is 4.74 Å². The summed E-state index contributed by atoms with van der Waals surface area (Å²) in [5.41, 5.74) is 0.204. The highest BCUT2D eigenvalue weighted by atomic mass is 19.4. The molecule has 0 aliphatic carbocycles. The summed E-state index contributed by atoms with van der Waals surface area (Å²) in [7, 11) is 0. The minimum Gasteiger partial charge on any atom is -0.406 e. The van der Waals surface area contributed by atoms with Crippen molar-refractivity contribution < 1.29 is 31.1 Å². The second kappa shape index (κ2) is 6.37. The molecule has 0 bridgehead atoms. The number of halogens is 6. The maximum absolute atomic E-state index is 12.9. The van der Waals surface area contributed by atoms with E-state index >= 15 is 0 Å². The average Bonchev–Trinajstić information content (AvgIpc) is 2.44. The smallest absolute Gasteiger partial charge is 0.406 e. The van der Waals surface area contributed by atoms with E-state index in [4.69, 9.17) is 0 Å². The lowest BCUT2D eigenvalue weighted by atomic mass is 9.91. The standard InChI is InChI=1S/C17H14F6O/c1-10(2)14-7-6-12(16(18,19)20)9-15(14)11-4-3-5-13(8-11)24-17(21,22)23/h3-10H,1-2H3. The van der Waals surface area contributed by atoms with E-state index in [1.165, 1.54) is 18.2 Å². The zero-order valence-electron chi connectivity index (χ0n) is 12.8. The summed E-state index contributed by atoms with van der Waals surface area (Å²) in [4.78, 5) is 0. The summed E-state index contributed by atoms with van der Waals surface area (Å²) in [5.74, 6) is -0.582. The lowest BCUT2D eigenvalue weighted by Crippen LogP contribution is -2.17. The van der Waals surface area contributed by atoms with Crippen LogP contribution in [0.2, 0.25) is 0 Å². The molecule has 0 unspecified atom stereocenters. The zero-order valence-corrected chi connectivity index (χ0v) is 12.8. The fourth-order valence-corrected chi connectivity index (χ4v) is 2.35. The minimum absolute atomic E-state index is 0.102. The number of hydrogen-bond donors (Lipinski definition) is 0. The van der Waals surface area contributed by atoms with Crippen molar-refractivity contribution in [2.24, 2.45) is 0 Å². The monoisotopic (exact) mass is 348 g/mol. The molecule has 0 aliphatic rings. The van der Waals surface area contributed by atoms with Crippen molar-refractivity contribution in [1.82, 2.24) is 0 Å². The molecule has 0 N–H and O–H groups in total. The van der Waals surface area contributed by atoms with Crippen LogP contribution in [-0.2, 0) is 6.18 Å². The second-order valence-corrected chi connectivity index (χ2v) is 5.53. The quantitative estimate of drug-likeness (QED) is 0.584. The molecule has 2 aromatic carbocycles. The van der Waals surface area contributed by atoms with E-state index in [-0.39, 0.29) is 17.0 Å². The van der Waals surface area contributed by atoms with Gasteiger partial charge in [0.05, 0.1) is 5.56 Å². The lowest BCUT2D eigenvalue weighted by Gasteiger charge is -2.17. The maximum atomic E-state index is 12.9. The van der Waals surface area contributed by atoms with Crippen molar-refractivity contribution in [2.45, 2.75) is 32.3 Å². The molecule has 0 aromatic heterocycles. The van der Waals surface area contributed by atoms with E-state index in [2.05, 4.69) is 4.74 Å². The third-order valence-corrected chi connectivity index (χ3v) is 3.38. The van der Waals surface area contributed by atoms with Gasteiger partial charge in [0.1, 0.15) is 5.75 Å². The SMILES string of the molecule is CC(C)c1ccc(C(F)(F)F)cc1-c1cccc(OC(F)(F)F)c1. The van der Waals surface area contributed by atoms with Gasteiger partial charge in [-0.3, -0.25) is 0 Å².